The van der Waals surface area contributed by atoms with E-state index in [1.54, 1.807) is 54.8 Å². The Bertz CT molecular complexity index is 1300. The maximum Gasteiger partial charge on any atom is 0.515 e. The molecular formula is C23H17BF8O3S. The predicted molar refractivity (Wildman–Crippen MR) is 119 cm³/mol. The molecule has 0 bridgehead atoms. The van der Waals surface area contributed by atoms with Gasteiger partial charge in [0, 0.05) is 11.1 Å². The van der Waals surface area contributed by atoms with Crippen molar-refractivity contribution in [1.29, 1.82) is 0 Å². The first-order chi connectivity index (χ1) is 16.6. The number of benzene rings is 3. The van der Waals surface area contributed by atoms with Crippen molar-refractivity contribution in [3.63, 3.8) is 0 Å². The highest BCUT2D eigenvalue weighted by Gasteiger charge is 2.38. The van der Waals surface area contributed by atoms with Gasteiger partial charge in [-0.2, -0.15) is 0 Å². The third kappa shape index (κ3) is 6.65. The number of carbonyl (C=O) groups excluding carboxylic acids is 2. The fraction of sp³-hybridized carbons (Fsp3) is 0.130. The van der Waals surface area contributed by atoms with E-state index >= 15 is 0 Å². The Balaban J connectivity index is 0.000000269. The van der Waals surface area contributed by atoms with E-state index in [1.807, 2.05) is 6.07 Å². The zero-order valence-electron chi connectivity index (χ0n) is 18.6. The van der Waals surface area contributed by atoms with Crippen LogP contribution in [0.1, 0.15) is 27.6 Å². The molecular weight excluding hydrogens is 519 g/mol. The quantitative estimate of drug-likeness (QED) is 0.102. The maximum atomic E-state index is 12.7. The molecule has 3 nitrogen and oxygen atoms in total. The second-order valence-corrected chi connectivity index (χ2v) is 10.3. The minimum Gasteiger partial charge on any atom is -0.445 e. The maximum absolute atomic E-state index is 12.7. The summed E-state index contributed by atoms with van der Waals surface area (Å²) in [5.74, 6) is -13.8. The molecule has 3 aromatic rings. The molecule has 0 saturated heterocycles. The van der Waals surface area contributed by atoms with Crippen molar-refractivity contribution in [3.8, 4) is 0 Å². The number of halogens is 8. The average Bonchev–Trinajstić information content (AvgIpc) is 2.81. The van der Waals surface area contributed by atoms with E-state index in [1.165, 1.54) is 6.92 Å². The predicted octanol–water partition coefficient (Wildman–Crippen LogP) is 5.70. The number of carbonyl (C=O) groups is 2. The summed E-state index contributed by atoms with van der Waals surface area (Å²) in [4.78, 5) is 24.0. The van der Waals surface area contributed by atoms with E-state index in [0.717, 1.165) is 0 Å². The van der Waals surface area contributed by atoms with Crippen molar-refractivity contribution in [2.45, 2.75) is 11.8 Å². The summed E-state index contributed by atoms with van der Waals surface area (Å²) in [6, 6.07) is 15.5. The molecule has 1 unspecified atom stereocenters. The highest BCUT2D eigenvalue weighted by atomic mass is 32.2. The van der Waals surface area contributed by atoms with Crippen LogP contribution < -0.4 is 5.46 Å². The molecule has 13 heteroatoms. The standard InChI is InChI=1S/C17H17O3S.C6BF8/c1-13(18)14-8-10-16(11-9-14)21(2,20)12-17(19)15-6-4-3-5-7-15;8-2-1(7(13,14)15)3(9)5(11)6(12)4(2)10/h3-11H,12H2,1-2H3;/q+1;-1. The van der Waals surface area contributed by atoms with Gasteiger partial charge in [-0.15, -0.1) is 0 Å². The van der Waals surface area contributed by atoms with Gasteiger partial charge < -0.3 is 12.9 Å². The molecule has 36 heavy (non-hydrogen) atoms. The second kappa shape index (κ2) is 11.1. The summed E-state index contributed by atoms with van der Waals surface area (Å²) in [6.07, 6.45) is 1.58. The molecule has 0 aliphatic carbocycles. The minimum absolute atomic E-state index is 0.0313. The van der Waals surface area contributed by atoms with Crippen molar-refractivity contribution < 1.29 is 48.7 Å². The Morgan fingerprint density at radius 1 is 0.722 bits per heavy atom. The first kappa shape index (κ1) is 28.9. The van der Waals surface area contributed by atoms with Gasteiger partial charge in [0.05, 0.1) is 0 Å². The van der Waals surface area contributed by atoms with Crippen LogP contribution in [0.25, 0.3) is 0 Å². The Labute approximate surface area is 201 Å². The molecule has 0 amide bonds. The zero-order chi connectivity index (χ0) is 27.4. The van der Waals surface area contributed by atoms with Crippen molar-refractivity contribution in [2.75, 3.05) is 12.0 Å². The van der Waals surface area contributed by atoms with E-state index in [0.29, 0.717) is 16.0 Å². The van der Waals surface area contributed by atoms with Gasteiger partial charge in [0.15, 0.2) is 33.9 Å². The number of ketones is 2. The molecule has 3 aromatic carbocycles. The lowest BCUT2D eigenvalue weighted by Crippen LogP contribution is -2.41. The largest absolute Gasteiger partial charge is 0.515 e. The molecule has 0 aliphatic heterocycles. The van der Waals surface area contributed by atoms with Crippen LogP contribution in [0.2, 0.25) is 0 Å². The number of Topliss-reactive ketones (excluding diaryl/α,β-unsaturated/α-hetero) is 2. The molecule has 3 rings (SSSR count). The second-order valence-electron chi connectivity index (χ2n) is 7.58. The lowest BCUT2D eigenvalue weighted by atomic mass is 9.79. The number of hydrogen-bond acceptors (Lipinski definition) is 3. The Morgan fingerprint density at radius 2 is 1.17 bits per heavy atom. The van der Waals surface area contributed by atoms with Crippen LogP contribution in [0.4, 0.5) is 34.9 Å². The summed E-state index contributed by atoms with van der Waals surface area (Å²) in [6.45, 7) is -4.82. The highest BCUT2D eigenvalue weighted by molar-refractivity contribution is 8.03. The Morgan fingerprint density at radius 3 is 1.58 bits per heavy atom. The zero-order valence-corrected chi connectivity index (χ0v) is 19.5. The van der Waals surface area contributed by atoms with Crippen molar-refractivity contribution in [3.05, 3.63) is 94.8 Å². The third-order valence-corrected chi connectivity index (χ3v) is 6.92. The molecule has 0 saturated carbocycles. The van der Waals surface area contributed by atoms with Gasteiger partial charge in [-0.25, -0.2) is 22.0 Å². The lowest BCUT2D eigenvalue weighted by molar-refractivity contribution is 0.101. The fourth-order valence-electron chi connectivity index (χ4n) is 2.93. The van der Waals surface area contributed by atoms with Crippen LogP contribution in [0.15, 0.2) is 59.5 Å². The van der Waals surface area contributed by atoms with E-state index in [9.17, 15) is 48.7 Å². The van der Waals surface area contributed by atoms with Crippen LogP contribution in [0.5, 0.6) is 0 Å². The first-order valence-corrected chi connectivity index (χ1v) is 12.1. The van der Waals surface area contributed by atoms with Crippen LogP contribution in [0, 0.1) is 29.1 Å². The number of rotatable bonds is 6. The van der Waals surface area contributed by atoms with Gasteiger partial charge in [0.25, 0.3) is 0 Å². The summed E-state index contributed by atoms with van der Waals surface area (Å²) in [5.41, 5.74) is -1.60. The molecule has 0 aromatic heterocycles. The molecule has 192 valence electrons. The third-order valence-electron chi connectivity index (χ3n) is 4.83. The molecule has 0 fully saturated rings. The normalized spacial score (nSPS) is 12.8. The van der Waals surface area contributed by atoms with Gasteiger partial charge in [-0.1, -0.05) is 34.5 Å². The summed E-state index contributed by atoms with van der Waals surface area (Å²) in [7, 11) is -2.46. The van der Waals surface area contributed by atoms with Crippen molar-refractivity contribution in [2.24, 2.45) is 0 Å². The summed E-state index contributed by atoms with van der Waals surface area (Å²) >= 11 is 0. The first-order valence-electron chi connectivity index (χ1n) is 9.95. The van der Waals surface area contributed by atoms with Gasteiger partial charge in [0.1, 0.15) is 27.8 Å². The van der Waals surface area contributed by atoms with Gasteiger partial charge in [-0.05, 0) is 36.7 Å². The fourth-order valence-corrected chi connectivity index (χ4v) is 4.47. The monoisotopic (exact) mass is 536 g/mol. The number of hydrogen-bond donors (Lipinski definition) is 0. The molecule has 0 N–H and O–H groups in total. The van der Waals surface area contributed by atoms with E-state index in [4.69, 9.17) is 0 Å². The summed E-state index contributed by atoms with van der Waals surface area (Å²) in [5, 5.41) is 0. The molecule has 0 radical (unpaired) electrons. The highest BCUT2D eigenvalue weighted by Crippen LogP contribution is 2.22. The van der Waals surface area contributed by atoms with Crippen molar-refractivity contribution in [1.82, 2.24) is 0 Å². The topological polar surface area (TPSA) is 51.2 Å². The SMILES string of the molecule is CC(=O)c1ccc([S+](C)(=O)CC(=O)c2ccccc2)cc1.Fc1c(F)c(F)c([B-](F)(F)F)c(F)c1F. The van der Waals surface area contributed by atoms with Crippen LogP contribution in [-0.2, 0) is 14.1 Å². The van der Waals surface area contributed by atoms with Crippen molar-refractivity contribution >= 4 is 33.9 Å². The molecule has 0 aliphatic rings. The van der Waals surface area contributed by atoms with Crippen LogP contribution in [-0.4, -0.2) is 30.6 Å². The van der Waals surface area contributed by atoms with E-state index in [2.05, 4.69) is 0 Å². The molecule has 0 spiro atoms. The molecule has 0 heterocycles. The van der Waals surface area contributed by atoms with Gasteiger partial charge in [0.2, 0.25) is 5.78 Å². The van der Waals surface area contributed by atoms with Gasteiger partial charge >= 0.3 is 6.98 Å². The van der Waals surface area contributed by atoms with E-state index < -0.39 is 51.5 Å². The van der Waals surface area contributed by atoms with Crippen LogP contribution in [0.3, 0.4) is 0 Å². The lowest BCUT2D eigenvalue weighted by Gasteiger charge is -2.17. The summed E-state index contributed by atoms with van der Waals surface area (Å²) < 4.78 is 110. The minimum atomic E-state index is -6.30. The van der Waals surface area contributed by atoms with Crippen LogP contribution >= 0.6 is 0 Å². The van der Waals surface area contributed by atoms with E-state index in [-0.39, 0.29) is 17.3 Å². The smallest absolute Gasteiger partial charge is 0.445 e. The Kier molecular flexibility index (Phi) is 8.95. The average molecular weight is 536 g/mol. The Hall–Kier alpha value is -3.35. The molecule has 1 atom stereocenters. The van der Waals surface area contributed by atoms with Gasteiger partial charge in [-0.3, -0.25) is 9.59 Å².